The standard InChI is InChI=1S/C10H15NO4S/c1-13-7-4-8(16-6-7)10(12)11-5-9(14-2)15-3/h4,6,9H,5H2,1-3H3,(H,11,12). The summed E-state index contributed by atoms with van der Waals surface area (Å²) >= 11 is 1.33. The van der Waals surface area contributed by atoms with Gasteiger partial charge in [-0.1, -0.05) is 0 Å². The number of hydrogen-bond donors (Lipinski definition) is 1. The van der Waals surface area contributed by atoms with Crippen LogP contribution in [0.25, 0.3) is 0 Å². The highest BCUT2D eigenvalue weighted by Gasteiger charge is 2.11. The molecule has 0 spiro atoms. The fourth-order valence-corrected chi connectivity index (χ4v) is 1.84. The maximum atomic E-state index is 11.6. The summed E-state index contributed by atoms with van der Waals surface area (Å²) in [6.45, 7) is 0.312. The Balaban J connectivity index is 2.46. The Bertz CT molecular complexity index is 335. The smallest absolute Gasteiger partial charge is 0.261 e. The second kappa shape index (κ2) is 6.47. The largest absolute Gasteiger partial charge is 0.496 e. The fraction of sp³-hybridized carbons (Fsp3) is 0.500. The minimum absolute atomic E-state index is 0.160. The molecule has 5 nitrogen and oxygen atoms in total. The lowest BCUT2D eigenvalue weighted by molar-refractivity contribution is -0.0974. The predicted octanol–water partition coefficient (Wildman–Crippen LogP) is 1.11. The predicted molar refractivity (Wildman–Crippen MR) is 61.0 cm³/mol. The lowest BCUT2D eigenvalue weighted by Gasteiger charge is -2.13. The number of hydrogen-bond acceptors (Lipinski definition) is 5. The minimum atomic E-state index is -0.425. The summed E-state index contributed by atoms with van der Waals surface area (Å²) in [5, 5.41) is 4.48. The van der Waals surface area contributed by atoms with Crippen LogP contribution in [-0.2, 0) is 9.47 Å². The number of nitrogens with one attached hydrogen (secondary N) is 1. The normalized spacial score (nSPS) is 10.5. The van der Waals surface area contributed by atoms with Gasteiger partial charge >= 0.3 is 0 Å². The van der Waals surface area contributed by atoms with Gasteiger partial charge in [-0.15, -0.1) is 11.3 Å². The molecular weight excluding hydrogens is 230 g/mol. The lowest BCUT2D eigenvalue weighted by atomic mass is 10.4. The molecule has 0 aliphatic carbocycles. The van der Waals surface area contributed by atoms with Crippen LogP contribution < -0.4 is 10.1 Å². The maximum absolute atomic E-state index is 11.6. The molecule has 0 unspecified atom stereocenters. The van der Waals surface area contributed by atoms with Gasteiger partial charge in [-0.3, -0.25) is 4.79 Å². The van der Waals surface area contributed by atoms with Crippen LogP contribution >= 0.6 is 11.3 Å². The zero-order valence-corrected chi connectivity index (χ0v) is 10.3. The Morgan fingerprint density at radius 2 is 2.12 bits per heavy atom. The van der Waals surface area contributed by atoms with E-state index in [-0.39, 0.29) is 5.91 Å². The quantitative estimate of drug-likeness (QED) is 0.763. The Labute approximate surface area is 98.3 Å². The number of methoxy groups -OCH3 is 3. The minimum Gasteiger partial charge on any atom is -0.496 e. The van der Waals surface area contributed by atoms with Gasteiger partial charge in [0.15, 0.2) is 6.29 Å². The number of carbonyl (C=O) groups excluding carboxylic acids is 1. The molecule has 0 aliphatic rings. The van der Waals surface area contributed by atoms with Gasteiger partial charge in [0.25, 0.3) is 5.91 Å². The van der Waals surface area contributed by atoms with Crippen LogP contribution in [0.3, 0.4) is 0 Å². The number of ether oxygens (including phenoxy) is 3. The van der Waals surface area contributed by atoms with Crippen molar-refractivity contribution in [2.75, 3.05) is 27.9 Å². The van der Waals surface area contributed by atoms with Crippen molar-refractivity contribution in [3.8, 4) is 5.75 Å². The molecule has 90 valence electrons. The van der Waals surface area contributed by atoms with Crippen LogP contribution in [0.4, 0.5) is 0 Å². The van der Waals surface area contributed by atoms with Crippen molar-refractivity contribution in [2.45, 2.75) is 6.29 Å². The van der Waals surface area contributed by atoms with Gasteiger partial charge in [-0.25, -0.2) is 0 Å². The Hall–Kier alpha value is -1.11. The van der Waals surface area contributed by atoms with Crippen molar-refractivity contribution in [1.29, 1.82) is 0 Å². The molecule has 0 atom stereocenters. The lowest BCUT2D eigenvalue weighted by Crippen LogP contribution is -2.33. The van der Waals surface area contributed by atoms with Crippen molar-refractivity contribution in [2.24, 2.45) is 0 Å². The van der Waals surface area contributed by atoms with Crippen molar-refractivity contribution in [3.63, 3.8) is 0 Å². The van der Waals surface area contributed by atoms with Crippen molar-refractivity contribution in [1.82, 2.24) is 5.32 Å². The molecule has 1 heterocycles. The first-order valence-corrected chi connectivity index (χ1v) is 5.55. The Kier molecular flexibility index (Phi) is 5.24. The molecule has 0 aliphatic heterocycles. The van der Waals surface area contributed by atoms with Crippen molar-refractivity contribution < 1.29 is 19.0 Å². The third-order valence-corrected chi connectivity index (χ3v) is 2.90. The van der Waals surface area contributed by atoms with E-state index in [2.05, 4.69) is 5.32 Å². The van der Waals surface area contributed by atoms with E-state index < -0.39 is 6.29 Å². The van der Waals surface area contributed by atoms with E-state index in [1.807, 2.05) is 0 Å². The average molecular weight is 245 g/mol. The summed E-state index contributed by atoms with van der Waals surface area (Å²) in [6.07, 6.45) is -0.425. The van der Waals surface area contributed by atoms with Crippen LogP contribution in [0, 0.1) is 0 Å². The van der Waals surface area contributed by atoms with Crippen LogP contribution in [0.2, 0.25) is 0 Å². The number of thiophene rings is 1. The third-order valence-electron chi connectivity index (χ3n) is 1.99. The molecule has 6 heteroatoms. The summed E-state index contributed by atoms with van der Waals surface area (Å²) in [5.41, 5.74) is 0. The first kappa shape index (κ1) is 13.0. The van der Waals surface area contributed by atoms with Crippen LogP contribution in [0.5, 0.6) is 5.75 Å². The number of rotatable bonds is 6. The molecule has 1 aromatic heterocycles. The molecule has 1 aromatic rings. The molecule has 1 amide bonds. The topological polar surface area (TPSA) is 56.8 Å². The SMILES string of the molecule is COc1csc(C(=O)NCC(OC)OC)c1. The van der Waals surface area contributed by atoms with Gasteiger partial charge in [0.2, 0.25) is 0 Å². The fourth-order valence-electron chi connectivity index (χ4n) is 1.07. The summed E-state index contributed by atoms with van der Waals surface area (Å²) in [6, 6.07) is 1.69. The molecule has 0 saturated carbocycles. The van der Waals surface area contributed by atoms with E-state index in [1.54, 1.807) is 18.6 Å². The number of amides is 1. The van der Waals surface area contributed by atoms with Gasteiger partial charge in [0, 0.05) is 25.7 Å². The zero-order chi connectivity index (χ0) is 12.0. The van der Waals surface area contributed by atoms with Crippen LogP contribution in [0.1, 0.15) is 9.67 Å². The molecule has 16 heavy (non-hydrogen) atoms. The number of carbonyl (C=O) groups is 1. The Morgan fingerprint density at radius 1 is 1.44 bits per heavy atom. The highest BCUT2D eigenvalue weighted by molar-refractivity contribution is 7.12. The second-order valence-electron chi connectivity index (χ2n) is 2.96. The maximum Gasteiger partial charge on any atom is 0.261 e. The van der Waals surface area contributed by atoms with Gasteiger partial charge < -0.3 is 19.5 Å². The van der Waals surface area contributed by atoms with E-state index in [9.17, 15) is 4.79 Å². The van der Waals surface area contributed by atoms with Crippen LogP contribution in [-0.4, -0.2) is 40.1 Å². The van der Waals surface area contributed by atoms with E-state index in [0.717, 1.165) is 0 Å². The highest BCUT2D eigenvalue weighted by atomic mass is 32.1. The zero-order valence-electron chi connectivity index (χ0n) is 9.48. The van der Waals surface area contributed by atoms with Gasteiger partial charge in [0.05, 0.1) is 18.5 Å². The molecule has 0 radical (unpaired) electrons. The summed E-state index contributed by atoms with van der Waals surface area (Å²) in [7, 11) is 4.61. The van der Waals surface area contributed by atoms with Gasteiger partial charge in [-0.05, 0) is 0 Å². The van der Waals surface area contributed by atoms with Crippen molar-refractivity contribution >= 4 is 17.2 Å². The molecular formula is C10H15NO4S. The van der Waals surface area contributed by atoms with E-state index in [4.69, 9.17) is 14.2 Å². The summed E-state index contributed by atoms with van der Waals surface area (Å²) in [5.74, 6) is 0.526. The first-order chi connectivity index (χ1) is 7.71. The first-order valence-electron chi connectivity index (χ1n) is 4.67. The second-order valence-corrected chi connectivity index (χ2v) is 3.87. The summed E-state index contributed by atoms with van der Waals surface area (Å²) in [4.78, 5) is 12.2. The van der Waals surface area contributed by atoms with Crippen LogP contribution in [0.15, 0.2) is 11.4 Å². The average Bonchev–Trinajstić information content (AvgIpc) is 2.78. The molecule has 0 bridgehead atoms. The molecule has 1 rings (SSSR count). The highest BCUT2D eigenvalue weighted by Crippen LogP contribution is 2.20. The van der Waals surface area contributed by atoms with E-state index in [1.165, 1.54) is 25.6 Å². The van der Waals surface area contributed by atoms with Crippen molar-refractivity contribution in [3.05, 3.63) is 16.3 Å². The van der Waals surface area contributed by atoms with E-state index >= 15 is 0 Å². The molecule has 0 aromatic carbocycles. The molecule has 1 N–H and O–H groups in total. The Morgan fingerprint density at radius 3 is 2.62 bits per heavy atom. The van der Waals surface area contributed by atoms with Gasteiger partial charge in [0.1, 0.15) is 5.75 Å². The van der Waals surface area contributed by atoms with Gasteiger partial charge in [-0.2, -0.15) is 0 Å². The molecule has 0 fully saturated rings. The third kappa shape index (κ3) is 3.48. The summed E-state index contributed by atoms with van der Waals surface area (Å²) < 4.78 is 14.9. The molecule has 0 saturated heterocycles. The monoisotopic (exact) mass is 245 g/mol. The van der Waals surface area contributed by atoms with E-state index in [0.29, 0.717) is 17.2 Å².